The van der Waals surface area contributed by atoms with E-state index in [1.807, 2.05) is 6.92 Å². The molecule has 1 aromatic carbocycles. The molecule has 4 heteroatoms. The Morgan fingerprint density at radius 1 is 1.31 bits per heavy atom. The molecule has 0 saturated carbocycles. The van der Waals surface area contributed by atoms with Crippen molar-refractivity contribution in [1.29, 1.82) is 0 Å². The fourth-order valence-electron chi connectivity index (χ4n) is 1.64. The first-order valence-corrected chi connectivity index (χ1v) is 5.76. The maximum absolute atomic E-state index is 12.8. The predicted octanol–water partition coefficient (Wildman–Crippen LogP) is 3.00. The number of aromatic nitrogens is 2. The quantitative estimate of drug-likeness (QED) is 0.788. The number of hydrogen-bond acceptors (Lipinski definition) is 2. The number of rotatable bonds is 3. The molecule has 0 aliphatic heterocycles. The third-order valence-corrected chi connectivity index (χ3v) is 2.62. The first-order chi connectivity index (χ1) is 7.70. The van der Waals surface area contributed by atoms with Crippen molar-refractivity contribution < 1.29 is 4.39 Å². The average Bonchev–Trinajstić information content (AvgIpc) is 2.61. The van der Waals surface area contributed by atoms with Gasteiger partial charge in [0.15, 0.2) is 0 Å². The summed E-state index contributed by atoms with van der Waals surface area (Å²) in [5.74, 6) is 1.45. The molecule has 2 nitrogen and oxygen atoms in total. The maximum atomic E-state index is 12.8. The van der Waals surface area contributed by atoms with E-state index in [0.29, 0.717) is 0 Å². The van der Waals surface area contributed by atoms with E-state index < -0.39 is 0 Å². The fourth-order valence-corrected chi connectivity index (χ4v) is 1.85. The normalized spacial score (nSPS) is 10.7. The highest BCUT2D eigenvalue weighted by molar-refractivity contribution is 7.80. The van der Waals surface area contributed by atoms with Gasteiger partial charge in [0.25, 0.3) is 0 Å². The molecule has 0 bridgehead atoms. The van der Waals surface area contributed by atoms with Crippen LogP contribution in [0.25, 0.3) is 11.3 Å². The molecule has 0 saturated heterocycles. The van der Waals surface area contributed by atoms with Crippen molar-refractivity contribution in [3.63, 3.8) is 0 Å². The first-order valence-electron chi connectivity index (χ1n) is 5.13. The lowest BCUT2D eigenvalue weighted by Crippen LogP contribution is -1.88. The summed E-state index contributed by atoms with van der Waals surface area (Å²) in [7, 11) is 0. The van der Waals surface area contributed by atoms with E-state index in [1.54, 1.807) is 12.1 Å². The fraction of sp³-hybridized carbons (Fsp3) is 0.250. The minimum atomic E-state index is -0.229. The minimum Gasteiger partial charge on any atom is -0.346 e. The molecule has 1 N–H and O–H groups in total. The van der Waals surface area contributed by atoms with E-state index in [2.05, 4.69) is 22.6 Å². The van der Waals surface area contributed by atoms with Crippen molar-refractivity contribution in [3.8, 4) is 11.3 Å². The molecular formula is C12H13FN2S. The number of imidazole rings is 1. The number of benzene rings is 1. The SMILES string of the molecule is Cc1[nH]c(CCS)nc1-c1ccc(F)cc1. The predicted molar refractivity (Wildman–Crippen MR) is 66.3 cm³/mol. The van der Waals surface area contributed by atoms with Crippen LogP contribution in [0.1, 0.15) is 11.5 Å². The number of hydrogen-bond donors (Lipinski definition) is 2. The van der Waals surface area contributed by atoms with Crippen LogP contribution >= 0.6 is 12.6 Å². The Labute approximate surface area is 99.3 Å². The summed E-state index contributed by atoms with van der Waals surface area (Å²) in [5.41, 5.74) is 2.82. The van der Waals surface area contributed by atoms with Crippen LogP contribution in [-0.2, 0) is 6.42 Å². The van der Waals surface area contributed by atoms with Crippen LogP contribution in [0.15, 0.2) is 24.3 Å². The summed E-state index contributed by atoms with van der Waals surface area (Å²) in [6, 6.07) is 6.37. The Morgan fingerprint density at radius 2 is 2.00 bits per heavy atom. The first kappa shape index (κ1) is 11.2. The second-order valence-electron chi connectivity index (χ2n) is 3.64. The lowest BCUT2D eigenvalue weighted by molar-refractivity contribution is 0.628. The van der Waals surface area contributed by atoms with Gasteiger partial charge in [0.1, 0.15) is 11.6 Å². The highest BCUT2D eigenvalue weighted by Gasteiger charge is 2.08. The van der Waals surface area contributed by atoms with Crippen LogP contribution in [0.2, 0.25) is 0 Å². The zero-order valence-corrected chi connectivity index (χ0v) is 9.89. The van der Waals surface area contributed by atoms with Crippen LogP contribution in [0.5, 0.6) is 0 Å². The van der Waals surface area contributed by atoms with E-state index in [0.717, 1.165) is 34.9 Å². The number of aryl methyl sites for hydroxylation is 2. The minimum absolute atomic E-state index is 0.229. The molecule has 0 aliphatic carbocycles. The van der Waals surface area contributed by atoms with Crippen molar-refractivity contribution in [3.05, 3.63) is 41.6 Å². The molecule has 0 unspecified atom stereocenters. The molecule has 0 atom stereocenters. The van der Waals surface area contributed by atoms with Gasteiger partial charge in [0.2, 0.25) is 0 Å². The molecule has 1 aromatic heterocycles. The topological polar surface area (TPSA) is 28.7 Å². The van der Waals surface area contributed by atoms with E-state index >= 15 is 0 Å². The Kier molecular flexibility index (Phi) is 3.29. The molecule has 0 spiro atoms. The Morgan fingerprint density at radius 3 is 2.62 bits per heavy atom. The standard InChI is InChI=1S/C12H13FN2S/c1-8-12(15-11(14-8)6-7-16)9-2-4-10(13)5-3-9/h2-5,16H,6-7H2,1H3,(H,14,15). The number of nitrogens with zero attached hydrogens (tertiary/aromatic N) is 1. The molecular weight excluding hydrogens is 223 g/mol. The monoisotopic (exact) mass is 236 g/mol. The highest BCUT2D eigenvalue weighted by Crippen LogP contribution is 2.21. The van der Waals surface area contributed by atoms with Gasteiger partial charge in [-0.2, -0.15) is 12.6 Å². The van der Waals surface area contributed by atoms with E-state index in [1.165, 1.54) is 12.1 Å². The third kappa shape index (κ3) is 2.27. The molecule has 84 valence electrons. The average molecular weight is 236 g/mol. The van der Waals surface area contributed by atoms with Gasteiger partial charge in [-0.3, -0.25) is 0 Å². The van der Waals surface area contributed by atoms with Crippen molar-refractivity contribution in [2.45, 2.75) is 13.3 Å². The largest absolute Gasteiger partial charge is 0.346 e. The van der Waals surface area contributed by atoms with Gasteiger partial charge < -0.3 is 4.98 Å². The van der Waals surface area contributed by atoms with E-state index in [9.17, 15) is 4.39 Å². The molecule has 0 amide bonds. The number of halogens is 1. The summed E-state index contributed by atoms with van der Waals surface area (Å²) < 4.78 is 12.8. The number of H-pyrrole nitrogens is 1. The van der Waals surface area contributed by atoms with Crippen molar-refractivity contribution >= 4 is 12.6 Å². The zero-order chi connectivity index (χ0) is 11.5. The highest BCUT2D eigenvalue weighted by atomic mass is 32.1. The third-order valence-electron chi connectivity index (χ3n) is 2.40. The van der Waals surface area contributed by atoms with Gasteiger partial charge in [0, 0.05) is 17.7 Å². The van der Waals surface area contributed by atoms with Crippen molar-refractivity contribution in [2.75, 3.05) is 5.75 Å². The lowest BCUT2D eigenvalue weighted by atomic mass is 10.1. The molecule has 16 heavy (non-hydrogen) atoms. The molecule has 0 radical (unpaired) electrons. The smallest absolute Gasteiger partial charge is 0.123 e. The summed E-state index contributed by atoms with van der Waals surface area (Å²) in [6.07, 6.45) is 0.811. The van der Waals surface area contributed by atoms with Crippen LogP contribution in [0.3, 0.4) is 0 Å². The van der Waals surface area contributed by atoms with Crippen LogP contribution < -0.4 is 0 Å². The molecule has 2 aromatic rings. The second kappa shape index (κ2) is 4.70. The zero-order valence-electron chi connectivity index (χ0n) is 9.00. The summed E-state index contributed by atoms with van der Waals surface area (Å²) in [4.78, 5) is 7.68. The maximum Gasteiger partial charge on any atom is 0.123 e. The van der Waals surface area contributed by atoms with Crippen LogP contribution in [0, 0.1) is 12.7 Å². The molecule has 0 fully saturated rings. The Hall–Kier alpha value is -1.29. The Balaban J connectivity index is 2.36. The summed E-state index contributed by atoms with van der Waals surface area (Å²) in [5, 5.41) is 0. The van der Waals surface area contributed by atoms with E-state index in [-0.39, 0.29) is 5.82 Å². The summed E-state index contributed by atoms with van der Waals surface area (Å²) >= 11 is 4.17. The second-order valence-corrected chi connectivity index (χ2v) is 4.08. The molecule has 1 heterocycles. The van der Waals surface area contributed by atoms with Gasteiger partial charge in [-0.1, -0.05) is 0 Å². The van der Waals surface area contributed by atoms with Crippen LogP contribution in [-0.4, -0.2) is 15.7 Å². The summed E-state index contributed by atoms with van der Waals surface area (Å²) in [6.45, 7) is 1.97. The van der Waals surface area contributed by atoms with E-state index in [4.69, 9.17) is 0 Å². The molecule has 0 aliphatic rings. The van der Waals surface area contributed by atoms with Gasteiger partial charge in [-0.05, 0) is 36.9 Å². The van der Waals surface area contributed by atoms with Gasteiger partial charge in [-0.25, -0.2) is 9.37 Å². The molecule has 2 rings (SSSR count). The van der Waals surface area contributed by atoms with Gasteiger partial charge >= 0.3 is 0 Å². The van der Waals surface area contributed by atoms with Crippen molar-refractivity contribution in [2.24, 2.45) is 0 Å². The van der Waals surface area contributed by atoms with Gasteiger partial charge in [0.05, 0.1) is 5.69 Å². The lowest BCUT2D eigenvalue weighted by Gasteiger charge is -1.97. The van der Waals surface area contributed by atoms with Gasteiger partial charge in [-0.15, -0.1) is 0 Å². The number of aromatic amines is 1. The number of nitrogens with one attached hydrogen (secondary N) is 1. The van der Waals surface area contributed by atoms with Crippen molar-refractivity contribution in [1.82, 2.24) is 9.97 Å². The Bertz CT molecular complexity index is 476. The van der Waals surface area contributed by atoms with Crippen LogP contribution in [0.4, 0.5) is 4.39 Å². The number of thiol groups is 1.